The minimum Gasteiger partial charge on any atom is -0.300 e. The standard InChI is InChI=1S/C12H22N2/c1-12(4-5-12)10-13-7-8-14-6-2-3-11(14)9-13/h11H,2-10H2,1H3. The second-order valence-corrected chi connectivity index (χ2v) is 5.88. The summed E-state index contributed by atoms with van der Waals surface area (Å²) >= 11 is 0. The van der Waals surface area contributed by atoms with Crippen molar-refractivity contribution in [1.82, 2.24) is 9.80 Å². The molecular formula is C12H22N2. The van der Waals surface area contributed by atoms with E-state index in [-0.39, 0.29) is 0 Å². The predicted octanol–water partition coefficient (Wildman–Crippen LogP) is 1.57. The topological polar surface area (TPSA) is 6.48 Å². The molecule has 0 N–H and O–H groups in total. The fourth-order valence-electron chi connectivity index (χ4n) is 3.11. The third-order valence-corrected chi connectivity index (χ3v) is 4.38. The lowest BCUT2D eigenvalue weighted by Gasteiger charge is -2.38. The number of rotatable bonds is 2. The van der Waals surface area contributed by atoms with Gasteiger partial charge in [-0.25, -0.2) is 0 Å². The second-order valence-electron chi connectivity index (χ2n) is 5.88. The summed E-state index contributed by atoms with van der Waals surface area (Å²) in [5.41, 5.74) is 0.709. The van der Waals surface area contributed by atoms with Gasteiger partial charge < -0.3 is 0 Å². The molecule has 1 aliphatic carbocycles. The van der Waals surface area contributed by atoms with Crippen molar-refractivity contribution in [2.45, 2.75) is 38.6 Å². The Morgan fingerprint density at radius 3 is 2.86 bits per heavy atom. The van der Waals surface area contributed by atoms with Gasteiger partial charge >= 0.3 is 0 Å². The van der Waals surface area contributed by atoms with Crippen molar-refractivity contribution in [1.29, 1.82) is 0 Å². The van der Waals surface area contributed by atoms with E-state index in [1.807, 2.05) is 0 Å². The van der Waals surface area contributed by atoms with Gasteiger partial charge in [0.05, 0.1) is 0 Å². The lowest BCUT2D eigenvalue weighted by atomic mass is 10.1. The molecule has 0 radical (unpaired) electrons. The maximum atomic E-state index is 2.72. The third-order valence-electron chi connectivity index (χ3n) is 4.38. The highest BCUT2D eigenvalue weighted by Gasteiger charge is 2.40. The van der Waals surface area contributed by atoms with Crippen molar-refractivity contribution < 1.29 is 0 Å². The molecule has 2 heteroatoms. The van der Waals surface area contributed by atoms with Gasteiger partial charge in [-0.2, -0.15) is 0 Å². The first-order valence-electron chi connectivity index (χ1n) is 6.22. The van der Waals surface area contributed by atoms with Gasteiger partial charge in [-0.05, 0) is 37.6 Å². The third kappa shape index (κ3) is 1.70. The van der Waals surface area contributed by atoms with E-state index < -0.39 is 0 Å². The molecule has 3 fully saturated rings. The summed E-state index contributed by atoms with van der Waals surface area (Å²) in [5, 5.41) is 0. The van der Waals surface area contributed by atoms with Crippen molar-refractivity contribution in [3.63, 3.8) is 0 Å². The van der Waals surface area contributed by atoms with Crippen LogP contribution in [0, 0.1) is 5.41 Å². The lowest BCUT2D eigenvalue weighted by Crippen LogP contribution is -2.51. The summed E-state index contributed by atoms with van der Waals surface area (Å²) in [4.78, 5) is 5.42. The Morgan fingerprint density at radius 1 is 1.21 bits per heavy atom. The number of hydrogen-bond acceptors (Lipinski definition) is 2. The zero-order valence-corrected chi connectivity index (χ0v) is 9.34. The van der Waals surface area contributed by atoms with E-state index in [1.54, 1.807) is 0 Å². The van der Waals surface area contributed by atoms with Crippen LogP contribution in [0.15, 0.2) is 0 Å². The smallest absolute Gasteiger partial charge is 0.0224 e. The first kappa shape index (κ1) is 9.17. The fraction of sp³-hybridized carbons (Fsp3) is 1.00. The summed E-state index contributed by atoms with van der Waals surface area (Å²) in [6.07, 6.45) is 5.83. The molecular weight excluding hydrogens is 172 g/mol. The van der Waals surface area contributed by atoms with Crippen molar-refractivity contribution in [3.05, 3.63) is 0 Å². The predicted molar refractivity (Wildman–Crippen MR) is 58.4 cm³/mol. The van der Waals surface area contributed by atoms with Crippen molar-refractivity contribution >= 4 is 0 Å². The van der Waals surface area contributed by atoms with E-state index >= 15 is 0 Å². The van der Waals surface area contributed by atoms with Gasteiger partial charge in [0.1, 0.15) is 0 Å². The van der Waals surface area contributed by atoms with Crippen LogP contribution in [0.5, 0.6) is 0 Å². The van der Waals surface area contributed by atoms with Crippen molar-refractivity contribution in [2.24, 2.45) is 5.41 Å². The number of piperazine rings is 1. The fourth-order valence-corrected chi connectivity index (χ4v) is 3.11. The van der Waals surface area contributed by atoms with Crippen LogP contribution < -0.4 is 0 Å². The van der Waals surface area contributed by atoms with Gasteiger partial charge in [0, 0.05) is 32.2 Å². The zero-order chi connectivity index (χ0) is 9.60. The van der Waals surface area contributed by atoms with E-state index in [0.29, 0.717) is 5.41 Å². The van der Waals surface area contributed by atoms with E-state index in [2.05, 4.69) is 16.7 Å². The minimum absolute atomic E-state index is 0.709. The van der Waals surface area contributed by atoms with Crippen LogP contribution in [0.1, 0.15) is 32.6 Å². The number of nitrogens with zero attached hydrogens (tertiary/aromatic N) is 2. The summed E-state index contributed by atoms with van der Waals surface area (Å²) in [7, 11) is 0. The highest BCUT2D eigenvalue weighted by Crippen LogP contribution is 2.45. The van der Waals surface area contributed by atoms with Crippen LogP contribution in [0.25, 0.3) is 0 Å². The van der Waals surface area contributed by atoms with Crippen molar-refractivity contribution in [3.8, 4) is 0 Å². The van der Waals surface area contributed by atoms with Crippen LogP contribution in [0.3, 0.4) is 0 Å². The molecule has 0 spiro atoms. The largest absolute Gasteiger partial charge is 0.300 e. The Hall–Kier alpha value is -0.0800. The van der Waals surface area contributed by atoms with Gasteiger partial charge in [-0.15, -0.1) is 0 Å². The minimum atomic E-state index is 0.709. The lowest BCUT2D eigenvalue weighted by molar-refractivity contribution is 0.0904. The number of fused-ring (bicyclic) bond motifs is 1. The highest BCUT2D eigenvalue weighted by molar-refractivity contribution is 4.94. The van der Waals surface area contributed by atoms with Gasteiger partial charge in [0.15, 0.2) is 0 Å². The summed E-state index contributed by atoms with van der Waals surface area (Å²) in [6, 6.07) is 0.908. The molecule has 2 heterocycles. The molecule has 0 amide bonds. The van der Waals surface area contributed by atoms with Crippen LogP contribution >= 0.6 is 0 Å². The Morgan fingerprint density at radius 2 is 2.07 bits per heavy atom. The normalized spacial score (nSPS) is 37.1. The SMILES string of the molecule is CC1(CN2CCN3CCCC3C2)CC1. The maximum Gasteiger partial charge on any atom is 0.0224 e. The molecule has 0 aromatic carbocycles. The van der Waals surface area contributed by atoms with Gasteiger partial charge in [0.25, 0.3) is 0 Å². The van der Waals surface area contributed by atoms with E-state index in [0.717, 1.165) is 6.04 Å². The van der Waals surface area contributed by atoms with Gasteiger partial charge in [0.2, 0.25) is 0 Å². The molecule has 3 aliphatic rings. The van der Waals surface area contributed by atoms with Gasteiger partial charge in [-0.1, -0.05) is 6.92 Å². The Bertz CT molecular complexity index is 222. The first-order chi connectivity index (χ1) is 6.75. The summed E-state index contributed by atoms with van der Waals surface area (Å²) < 4.78 is 0. The van der Waals surface area contributed by atoms with Gasteiger partial charge in [-0.3, -0.25) is 9.80 Å². The molecule has 2 nitrogen and oxygen atoms in total. The average molecular weight is 194 g/mol. The average Bonchev–Trinajstić information content (AvgIpc) is 2.73. The van der Waals surface area contributed by atoms with Crippen LogP contribution in [-0.2, 0) is 0 Å². The summed E-state index contributed by atoms with van der Waals surface area (Å²) in [6.45, 7) is 9.21. The van der Waals surface area contributed by atoms with E-state index in [9.17, 15) is 0 Å². The molecule has 0 aromatic rings. The van der Waals surface area contributed by atoms with E-state index in [4.69, 9.17) is 0 Å². The monoisotopic (exact) mass is 194 g/mol. The Balaban J connectivity index is 1.56. The molecule has 2 aliphatic heterocycles. The highest BCUT2D eigenvalue weighted by atomic mass is 15.3. The molecule has 14 heavy (non-hydrogen) atoms. The van der Waals surface area contributed by atoms with Crippen LogP contribution in [-0.4, -0.2) is 48.6 Å². The first-order valence-corrected chi connectivity index (χ1v) is 6.22. The number of hydrogen-bond donors (Lipinski definition) is 0. The Labute approximate surface area is 87.3 Å². The maximum absolute atomic E-state index is 2.72. The molecule has 0 aromatic heterocycles. The van der Waals surface area contributed by atoms with E-state index in [1.165, 1.54) is 58.4 Å². The molecule has 1 atom stereocenters. The Kier molecular flexibility index (Phi) is 2.10. The molecule has 1 saturated carbocycles. The second kappa shape index (κ2) is 3.21. The molecule has 2 saturated heterocycles. The quantitative estimate of drug-likeness (QED) is 0.658. The molecule has 80 valence electrons. The molecule has 1 unspecified atom stereocenters. The summed E-state index contributed by atoms with van der Waals surface area (Å²) in [5.74, 6) is 0. The molecule has 0 bridgehead atoms. The zero-order valence-electron chi connectivity index (χ0n) is 9.34. The molecule has 3 rings (SSSR count). The van der Waals surface area contributed by atoms with Crippen molar-refractivity contribution in [2.75, 3.05) is 32.7 Å². The van der Waals surface area contributed by atoms with Crippen LogP contribution in [0.2, 0.25) is 0 Å². The van der Waals surface area contributed by atoms with Crippen LogP contribution in [0.4, 0.5) is 0 Å².